The predicted octanol–water partition coefficient (Wildman–Crippen LogP) is 6.08. The third kappa shape index (κ3) is 5.93. The SMILES string of the molecule is Cc1ccc(S(=O)(=O)Nc2ccc(SCc3ccc(C(C)(C)C)cc3)cc2)cc1C(=O)O. The molecule has 0 aliphatic heterocycles. The number of hydrogen-bond donors (Lipinski definition) is 2. The Balaban J connectivity index is 1.65. The number of anilines is 1. The van der Waals surface area contributed by atoms with Crippen LogP contribution in [0.15, 0.2) is 76.5 Å². The molecular weight excluding hydrogens is 442 g/mol. The van der Waals surface area contributed by atoms with E-state index in [-0.39, 0.29) is 15.9 Å². The number of nitrogens with one attached hydrogen (secondary N) is 1. The van der Waals surface area contributed by atoms with Crippen LogP contribution < -0.4 is 4.72 Å². The molecule has 0 unspecified atom stereocenters. The highest BCUT2D eigenvalue weighted by Crippen LogP contribution is 2.27. The molecule has 3 aromatic rings. The smallest absolute Gasteiger partial charge is 0.335 e. The topological polar surface area (TPSA) is 83.5 Å². The minimum atomic E-state index is -3.89. The summed E-state index contributed by atoms with van der Waals surface area (Å²) in [5, 5.41) is 9.24. The Morgan fingerprint density at radius 1 is 0.969 bits per heavy atom. The molecule has 0 aliphatic carbocycles. The number of rotatable bonds is 7. The van der Waals surface area contributed by atoms with Gasteiger partial charge < -0.3 is 5.11 Å². The molecule has 0 amide bonds. The summed E-state index contributed by atoms with van der Waals surface area (Å²) in [6.45, 7) is 8.20. The summed E-state index contributed by atoms with van der Waals surface area (Å²) >= 11 is 1.67. The molecule has 3 rings (SSSR count). The zero-order valence-corrected chi connectivity index (χ0v) is 20.2. The van der Waals surface area contributed by atoms with Crippen molar-refractivity contribution >= 4 is 33.4 Å². The lowest BCUT2D eigenvalue weighted by Gasteiger charge is -2.19. The van der Waals surface area contributed by atoms with Crippen LogP contribution >= 0.6 is 11.8 Å². The molecule has 0 heterocycles. The minimum Gasteiger partial charge on any atom is -0.478 e. The Morgan fingerprint density at radius 2 is 1.59 bits per heavy atom. The molecule has 0 saturated heterocycles. The third-order valence-electron chi connectivity index (χ3n) is 5.08. The Morgan fingerprint density at radius 3 is 2.16 bits per heavy atom. The number of hydrogen-bond acceptors (Lipinski definition) is 4. The summed E-state index contributed by atoms with van der Waals surface area (Å²) in [5.41, 5.74) is 3.54. The van der Waals surface area contributed by atoms with Crippen LogP contribution in [0.5, 0.6) is 0 Å². The van der Waals surface area contributed by atoms with Gasteiger partial charge in [-0.2, -0.15) is 0 Å². The zero-order chi connectivity index (χ0) is 23.5. The van der Waals surface area contributed by atoms with Crippen molar-refractivity contribution in [3.63, 3.8) is 0 Å². The van der Waals surface area contributed by atoms with Crippen LogP contribution in [0.3, 0.4) is 0 Å². The molecule has 0 bridgehead atoms. The molecule has 0 saturated carbocycles. The first kappa shape index (κ1) is 23.9. The summed E-state index contributed by atoms with van der Waals surface area (Å²) in [7, 11) is -3.89. The molecular formula is C25H27NO4S2. The zero-order valence-electron chi connectivity index (χ0n) is 18.5. The van der Waals surface area contributed by atoms with E-state index in [9.17, 15) is 18.3 Å². The second kappa shape index (κ2) is 9.38. The van der Waals surface area contributed by atoms with Crippen molar-refractivity contribution in [2.24, 2.45) is 0 Å². The normalized spacial score (nSPS) is 11.9. The van der Waals surface area contributed by atoms with Crippen LogP contribution in [0.4, 0.5) is 5.69 Å². The minimum absolute atomic E-state index is 0.0323. The Hall–Kier alpha value is -2.77. The lowest BCUT2D eigenvalue weighted by Crippen LogP contribution is -2.14. The Bertz CT molecular complexity index is 1210. The molecule has 0 radical (unpaired) electrons. The molecule has 168 valence electrons. The maximum absolute atomic E-state index is 12.7. The quantitative estimate of drug-likeness (QED) is 0.410. The van der Waals surface area contributed by atoms with E-state index in [1.165, 1.54) is 29.3 Å². The summed E-state index contributed by atoms with van der Waals surface area (Å²) in [6.07, 6.45) is 0. The van der Waals surface area contributed by atoms with E-state index in [2.05, 4.69) is 49.8 Å². The van der Waals surface area contributed by atoms with Crippen LogP contribution in [0.25, 0.3) is 0 Å². The van der Waals surface area contributed by atoms with Gasteiger partial charge in [-0.05, 0) is 65.4 Å². The Kier molecular flexibility index (Phi) is 7.00. The summed E-state index contributed by atoms with van der Waals surface area (Å²) in [6, 6.07) is 19.8. The fraction of sp³-hybridized carbons (Fsp3) is 0.240. The van der Waals surface area contributed by atoms with E-state index < -0.39 is 16.0 Å². The van der Waals surface area contributed by atoms with Crippen LogP contribution in [0.1, 0.15) is 47.8 Å². The molecule has 0 atom stereocenters. The fourth-order valence-electron chi connectivity index (χ4n) is 3.10. The Labute approximate surface area is 193 Å². The maximum Gasteiger partial charge on any atom is 0.335 e. The van der Waals surface area contributed by atoms with Gasteiger partial charge in [-0.3, -0.25) is 4.72 Å². The highest BCUT2D eigenvalue weighted by molar-refractivity contribution is 7.98. The van der Waals surface area contributed by atoms with Crippen LogP contribution in [0.2, 0.25) is 0 Å². The first-order valence-corrected chi connectivity index (χ1v) is 12.6. The van der Waals surface area contributed by atoms with Gasteiger partial charge in [0.1, 0.15) is 0 Å². The summed E-state index contributed by atoms with van der Waals surface area (Å²) in [4.78, 5) is 12.2. The number of aryl methyl sites for hydroxylation is 1. The molecule has 3 aromatic carbocycles. The average molecular weight is 470 g/mol. The van der Waals surface area contributed by atoms with E-state index in [1.807, 2.05) is 12.1 Å². The lowest BCUT2D eigenvalue weighted by atomic mass is 9.87. The van der Waals surface area contributed by atoms with Gasteiger partial charge in [-0.25, -0.2) is 13.2 Å². The first-order chi connectivity index (χ1) is 15.0. The highest BCUT2D eigenvalue weighted by Gasteiger charge is 2.18. The molecule has 5 nitrogen and oxygen atoms in total. The molecule has 7 heteroatoms. The van der Waals surface area contributed by atoms with Gasteiger partial charge in [-0.15, -0.1) is 11.8 Å². The van der Waals surface area contributed by atoms with Gasteiger partial charge in [0.25, 0.3) is 10.0 Å². The second-order valence-corrected chi connectivity index (χ2v) is 11.4. The monoisotopic (exact) mass is 469 g/mol. The van der Waals surface area contributed by atoms with Crippen molar-refractivity contribution in [2.45, 2.75) is 48.7 Å². The number of benzene rings is 3. The van der Waals surface area contributed by atoms with Crippen molar-refractivity contribution < 1.29 is 18.3 Å². The molecule has 0 aliphatic rings. The average Bonchev–Trinajstić information content (AvgIpc) is 2.72. The number of aromatic carboxylic acids is 1. The van der Waals surface area contributed by atoms with E-state index >= 15 is 0 Å². The maximum atomic E-state index is 12.7. The van der Waals surface area contributed by atoms with Crippen molar-refractivity contribution in [1.82, 2.24) is 0 Å². The van der Waals surface area contributed by atoms with Gasteiger partial charge in [0, 0.05) is 16.3 Å². The lowest BCUT2D eigenvalue weighted by molar-refractivity contribution is 0.0696. The van der Waals surface area contributed by atoms with Gasteiger partial charge >= 0.3 is 5.97 Å². The molecule has 0 spiro atoms. The first-order valence-electron chi connectivity index (χ1n) is 10.1. The van der Waals surface area contributed by atoms with Gasteiger partial charge in [0.05, 0.1) is 10.5 Å². The van der Waals surface area contributed by atoms with Crippen molar-refractivity contribution in [1.29, 1.82) is 0 Å². The van der Waals surface area contributed by atoms with Gasteiger partial charge in [0.15, 0.2) is 0 Å². The standard InChI is InChI=1S/C25H27NO4S2/c1-17-5-14-22(15-23(17)24(27)28)32(29,30)26-20-10-12-21(13-11-20)31-16-18-6-8-19(9-7-18)25(2,3)4/h5-15,26H,16H2,1-4H3,(H,27,28). The largest absolute Gasteiger partial charge is 0.478 e. The molecule has 2 N–H and O–H groups in total. The van der Waals surface area contributed by atoms with Crippen LogP contribution in [-0.4, -0.2) is 19.5 Å². The molecule has 0 aromatic heterocycles. The summed E-state index contributed by atoms with van der Waals surface area (Å²) < 4.78 is 27.9. The van der Waals surface area contributed by atoms with Gasteiger partial charge in [0.2, 0.25) is 0 Å². The van der Waals surface area contributed by atoms with Crippen molar-refractivity contribution in [3.8, 4) is 0 Å². The van der Waals surface area contributed by atoms with Crippen LogP contribution in [-0.2, 0) is 21.2 Å². The number of carbonyl (C=O) groups is 1. The number of thioether (sulfide) groups is 1. The highest BCUT2D eigenvalue weighted by atomic mass is 32.2. The van der Waals surface area contributed by atoms with Crippen LogP contribution in [0, 0.1) is 6.92 Å². The predicted molar refractivity (Wildman–Crippen MR) is 130 cm³/mol. The van der Waals surface area contributed by atoms with E-state index in [0.29, 0.717) is 11.3 Å². The second-order valence-electron chi connectivity index (χ2n) is 8.65. The number of carboxylic acids is 1. The fourth-order valence-corrected chi connectivity index (χ4v) is 5.04. The summed E-state index contributed by atoms with van der Waals surface area (Å²) in [5.74, 6) is -0.342. The van der Waals surface area contributed by atoms with Crippen molar-refractivity contribution in [2.75, 3.05) is 4.72 Å². The number of sulfonamides is 1. The van der Waals surface area contributed by atoms with Crippen molar-refractivity contribution in [3.05, 3.63) is 89.0 Å². The van der Waals surface area contributed by atoms with E-state index in [0.717, 1.165) is 10.6 Å². The van der Waals surface area contributed by atoms with Gasteiger partial charge in [-0.1, -0.05) is 51.1 Å². The third-order valence-corrected chi connectivity index (χ3v) is 7.54. The molecule has 0 fully saturated rings. The van der Waals surface area contributed by atoms with E-state index in [4.69, 9.17) is 0 Å². The molecule has 32 heavy (non-hydrogen) atoms. The number of carboxylic acid groups (broad SMARTS) is 1. The van der Waals surface area contributed by atoms with E-state index in [1.54, 1.807) is 30.8 Å².